The molecule has 0 unspecified atom stereocenters. The van der Waals surface area contributed by atoms with Crippen molar-refractivity contribution < 1.29 is 4.79 Å². The van der Waals surface area contributed by atoms with Crippen LogP contribution in [0.2, 0.25) is 5.02 Å². The number of rotatable bonds is 2. The first kappa shape index (κ1) is 17.5. The molecule has 1 amide bonds. The molecule has 0 fully saturated rings. The summed E-state index contributed by atoms with van der Waals surface area (Å²) in [5.41, 5.74) is 3.41. The maximum absolute atomic E-state index is 13.2. The first-order chi connectivity index (χ1) is 13.7. The Morgan fingerprint density at radius 3 is 2.75 bits per heavy atom. The van der Waals surface area contributed by atoms with Crippen molar-refractivity contribution in [3.05, 3.63) is 89.0 Å². The SMILES string of the molecule is CCC(=O)N1c2ccc(Cl)cc2[C@H]2C=CC[C@H]2[C@@H]1c1cccc2ccccc12. The lowest BCUT2D eigenvalue weighted by atomic mass is 9.74. The molecule has 2 aliphatic rings. The fraction of sp³-hybridized carbons (Fsp3) is 0.240. The van der Waals surface area contributed by atoms with E-state index in [9.17, 15) is 4.79 Å². The van der Waals surface area contributed by atoms with Crippen LogP contribution in [0.5, 0.6) is 0 Å². The van der Waals surface area contributed by atoms with Gasteiger partial charge < -0.3 is 4.90 Å². The topological polar surface area (TPSA) is 20.3 Å². The van der Waals surface area contributed by atoms with E-state index in [2.05, 4.69) is 54.6 Å². The summed E-state index contributed by atoms with van der Waals surface area (Å²) in [6.07, 6.45) is 6.01. The van der Waals surface area contributed by atoms with Crippen LogP contribution in [0.15, 0.2) is 72.8 Å². The quantitative estimate of drug-likeness (QED) is 0.450. The van der Waals surface area contributed by atoms with E-state index in [-0.39, 0.29) is 11.9 Å². The summed E-state index contributed by atoms with van der Waals surface area (Å²) in [4.78, 5) is 15.2. The maximum Gasteiger partial charge on any atom is 0.227 e. The second kappa shape index (κ2) is 6.79. The number of anilines is 1. The number of benzene rings is 3. The Labute approximate surface area is 170 Å². The van der Waals surface area contributed by atoms with Gasteiger partial charge in [-0.25, -0.2) is 0 Å². The Kier molecular flexibility index (Phi) is 4.25. The van der Waals surface area contributed by atoms with E-state index in [4.69, 9.17) is 11.6 Å². The van der Waals surface area contributed by atoms with Crippen molar-refractivity contribution in [2.45, 2.75) is 31.7 Å². The van der Waals surface area contributed by atoms with E-state index >= 15 is 0 Å². The standard InChI is InChI=1S/C25H22ClNO/c1-2-24(28)27-23-14-13-17(26)15-22(23)19-10-6-12-21(19)25(27)20-11-5-8-16-7-3-4-9-18(16)20/h3-11,13-15,19,21,25H,2,12H2,1H3/t19-,21+,25-/m0/s1. The van der Waals surface area contributed by atoms with E-state index in [0.717, 1.165) is 17.1 Å². The van der Waals surface area contributed by atoms with Crippen LogP contribution in [0.3, 0.4) is 0 Å². The molecular weight excluding hydrogens is 366 g/mol. The van der Waals surface area contributed by atoms with Crippen molar-refractivity contribution in [2.24, 2.45) is 5.92 Å². The van der Waals surface area contributed by atoms with Gasteiger partial charge in [-0.3, -0.25) is 4.79 Å². The van der Waals surface area contributed by atoms with Crippen LogP contribution in [-0.4, -0.2) is 5.91 Å². The van der Waals surface area contributed by atoms with Crippen molar-refractivity contribution in [1.29, 1.82) is 0 Å². The summed E-state index contributed by atoms with van der Waals surface area (Å²) in [6.45, 7) is 1.94. The minimum absolute atomic E-state index is 0.0206. The number of carbonyl (C=O) groups excluding carboxylic acids is 1. The molecular formula is C25H22ClNO. The zero-order valence-corrected chi connectivity index (χ0v) is 16.6. The molecule has 3 aromatic rings. The Bertz CT molecular complexity index is 1100. The van der Waals surface area contributed by atoms with Crippen LogP contribution in [0, 0.1) is 5.92 Å². The normalized spacial score (nSPS) is 22.9. The second-order valence-electron chi connectivity index (χ2n) is 7.69. The minimum atomic E-state index is 0.0206. The van der Waals surface area contributed by atoms with Gasteiger partial charge in [-0.05, 0) is 52.4 Å². The van der Waals surface area contributed by atoms with Crippen LogP contribution in [0.4, 0.5) is 5.69 Å². The first-order valence-electron chi connectivity index (χ1n) is 9.95. The van der Waals surface area contributed by atoms with Gasteiger partial charge in [0.1, 0.15) is 0 Å². The molecule has 2 nitrogen and oxygen atoms in total. The van der Waals surface area contributed by atoms with Crippen LogP contribution in [0.25, 0.3) is 10.8 Å². The molecule has 140 valence electrons. The average molecular weight is 388 g/mol. The predicted octanol–water partition coefficient (Wildman–Crippen LogP) is 6.65. The van der Waals surface area contributed by atoms with E-state index in [0.29, 0.717) is 18.3 Å². The summed E-state index contributed by atoms with van der Waals surface area (Å²) in [5, 5.41) is 3.17. The largest absolute Gasteiger partial charge is 0.304 e. The molecule has 0 spiro atoms. The van der Waals surface area contributed by atoms with Crippen LogP contribution in [0.1, 0.15) is 42.9 Å². The van der Waals surface area contributed by atoms with Gasteiger partial charge in [0.05, 0.1) is 6.04 Å². The van der Waals surface area contributed by atoms with Crippen LogP contribution >= 0.6 is 11.6 Å². The number of hydrogen-bond acceptors (Lipinski definition) is 1. The van der Waals surface area contributed by atoms with Gasteiger partial charge in [-0.1, -0.05) is 73.1 Å². The summed E-state index contributed by atoms with van der Waals surface area (Å²) >= 11 is 6.33. The molecule has 0 aromatic heterocycles. The van der Waals surface area contributed by atoms with E-state index < -0.39 is 0 Å². The Balaban J connectivity index is 1.78. The Hall–Kier alpha value is -2.58. The molecule has 3 heteroatoms. The van der Waals surface area contributed by atoms with E-state index in [1.54, 1.807) is 0 Å². The Morgan fingerprint density at radius 2 is 1.89 bits per heavy atom. The monoisotopic (exact) mass is 387 g/mol. The van der Waals surface area contributed by atoms with Crippen molar-refractivity contribution in [3.63, 3.8) is 0 Å². The third-order valence-electron chi connectivity index (χ3n) is 6.22. The molecule has 0 saturated heterocycles. The molecule has 3 atom stereocenters. The first-order valence-corrected chi connectivity index (χ1v) is 10.3. The number of nitrogens with zero attached hydrogens (tertiary/aromatic N) is 1. The Morgan fingerprint density at radius 1 is 1.07 bits per heavy atom. The molecule has 3 aromatic carbocycles. The summed E-state index contributed by atoms with van der Waals surface area (Å²) in [7, 11) is 0. The summed E-state index contributed by atoms with van der Waals surface area (Å²) in [6, 6.07) is 20.9. The molecule has 0 N–H and O–H groups in total. The van der Waals surface area contributed by atoms with Crippen LogP contribution < -0.4 is 4.90 Å². The number of fused-ring (bicyclic) bond motifs is 4. The number of amides is 1. The third kappa shape index (κ3) is 2.59. The van der Waals surface area contributed by atoms with E-state index in [1.165, 1.54) is 21.9 Å². The van der Waals surface area contributed by atoms with Crippen LogP contribution in [-0.2, 0) is 4.79 Å². The second-order valence-corrected chi connectivity index (χ2v) is 8.12. The highest BCUT2D eigenvalue weighted by Gasteiger charge is 2.44. The lowest BCUT2D eigenvalue weighted by Crippen LogP contribution is -2.43. The summed E-state index contributed by atoms with van der Waals surface area (Å²) < 4.78 is 0. The zero-order valence-electron chi connectivity index (χ0n) is 15.8. The van der Waals surface area contributed by atoms with Gasteiger partial charge in [0, 0.05) is 23.0 Å². The molecule has 28 heavy (non-hydrogen) atoms. The highest BCUT2D eigenvalue weighted by Crippen LogP contribution is 2.54. The van der Waals surface area contributed by atoms with Gasteiger partial charge in [0.2, 0.25) is 5.91 Å². The molecule has 0 radical (unpaired) electrons. The lowest BCUT2D eigenvalue weighted by molar-refractivity contribution is -0.119. The number of halogens is 1. The lowest BCUT2D eigenvalue weighted by Gasteiger charge is -2.45. The highest BCUT2D eigenvalue weighted by molar-refractivity contribution is 6.30. The van der Waals surface area contributed by atoms with Gasteiger partial charge in [-0.2, -0.15) is 0 Å². The fourth-order valence-corrected chi connectivity index (χ4v) is 5.20. The van der Waals surface area contributed by atoms with E-state index in [1.807, 2.05) is 30.0 Å². The van der Waals surface area contributed by atoms with Gasteiger partial charge in [-0.15, -0.1) is 0 Å². The highest BCUT2D eigenvalue weighted by atomic mass is 35.5. The van der Waals surface area contributed by atoms with Gasteiger partial charge >= 0.3 is 0 Å². The fourth-order valence-electron chi connectivity index (χ4n) is 5.02. The van der Waals surface area contributed by atoms with Crippen molar-refractivity contribution >= 4 is 34.0 Å². The van der Waals surface area contributed by atoms with Crippen molar-refractivity contribution in [1.82, 2.24) is 0 Å². The van der Waals surface area contributed by atoms with Gasteiger partial charge in [0.25, 0.3) is 0 Å². The molecule has 1 aliphatic heterocycles. The number of hydrogen-bond donors (Lipinski definition) is 0. The van der Waals surface area contributed by atoms with Crippen molar-refractivity contribution in [2.75, 3.05) is 4.90 Å². The molecule has 0 saturated carbocycles. The number of allylic oxidation sites excluding steroid dienone is 2. The molecule has 0 bridgehead atoms. The zero-order chi connectivity index (χ0) is 19.3. The summed E-state index contributed by atoms with van der Waals surface area (Å²) in [5.74, 6) is 0.776. The predicted molar refractivity (Wildman–Crippen MR) is 116 cm³/mol. The number of carbonyl (C=O) groups is 1. The molecule has 1 aliphatic carbocycles. The average Bonchev–Trinajstić information content (AvgIpc) is 3.22. The molecule has 1 heterocycles. The smallest absolute Gasteiger partial charge is 0.227 e. The molecule has 5 rings (SSSR count). The third-order valence-corrected chi connectivity index (χ3v) is 6.45. The van der Waals surface area contributed by atoms with Gasteiger partial charge in [0.15, 0.2) is 0 Å². The maximum atomic E-state index is 13.2. The van der Waals surface area contributed by atoms with Crippen molar-refractivity contribution in [3.8, 4) is 0 Å². The minimum Gasteiger partial charge on any atom is -0.304 e.